The van der Waals surface area contributed by atoms with Crippen LogP contribution in [-0.4, -0.2) is 28.9 Å². The standard InChI is InChI=1S/C18H17N3OS/c22-18(12-21-7-5-17-14(11-21)6-8-23-17)20-15-9-13-3-1-2-4-16(13)19-10-15/h1-4,6,8-10H,5,7,11-12H2,(H,20,22). The number of amides is 1. The smallest absolute Gasteiger partial charge is 0.238 e. The van der Waals surface area contributed by atoms with E-state index in [1.165, 1.54) is 10.4 Å². The number of para-hydroxylation sites is 1. The lowest BCUT2D eigenvalue weighted by atomic mass is 10.1. The second kappa shape index (κ2) is 6.10. The molecule has 0 radical (unpaired) electrons. The first-order chi connectivity index (χ1) is 11.3. The van der Waals surface area contributed by atoms with Gasteiger partial charge in [-0.15, -0.1) is 11.3 Å². The van der Waals surface area contributed by atoms with E-state index in [9.17, 15) is 4.79 Å². The summed E-state index contributed by atoms with van der Waals surface area (Å²) in [5.41, 5.74) is 3.05. The quantitative estimate of drug-likeness (QED) is 0.804. The molecule has 0 spiro atoms. The van der Waals surface area contributed by atoms with Crippen molar-refractivity contribution in [3.8, 4) is 0 Å². The van der Waals surface area contributed by atoms with Gasteiger partial charge in [0, 0.05) is 23.4 Å². The third-order valence-electron chi connectivity index (χ3n) is 4.13. The second-order valence-corrected chi connectivity index (χ2v) is 6.80. The average Bonchev–Trinajstić information content (AvgIpc) is 3.02. The number of fused-ring (bicyclic) bond motifs is 2. The van der Waals surface area contributed by atoms with Crippen LogP contribution in [0.5, 0.6) is 0 Å². The van der Waals surface area contributed by atoms with Gasteiger partial charge in [-0.1, -0.05) is 18.2 Å². The number of carbonyl (C=O) groups excluding carboxylic acids is 1. The largest absolute Gasteiger partial charge is 0.324 e. The van der Waals surface area contributed by atoms with Crippen molar-refractivity contribution >= 4 is 33.8 Å². The van der Waals surface area contributed by atoms with E-state index in [-0.39, 0.29) is 5.91 Å². The molecule has 5 heteroatoms. The summed E-state index contributed by atoms with van der Waals surface area (Å²) >= 11 is 1.81. The number of benzene rings is 1. The first kappa shape index (κ1) is 14.4. The summed E-state index contributed by atoms with van der Waals surface area (Å²) in [6, 6.07) is 12.0. The molecule has 4 rings (SSSR count). The lowest BCUT2D eigenvalue weighted by Gasteiger charge is -2.26. The highest BCUT2D eigenvalue weighted by Crippen LogP contribution is 2.24. The summed E-state index contributed by atoms with van der Waals surface area (Å²) in [5.74, 6) is 0.0146. The van der Waals surface area contributed by atoms with E-state index < -0.39 is 0 Å². The van der Waals surface area contributed by atoms with Gasteiger partial charge in [-0.05, 0) is 35.6 Å². The molecule has 0 aliphatic carbocycles. The van der Waals surface area contributed by atoms with Crippen molar-refractivity contribution in [1.29, 1.82) is 0 Å². The molecule has 0 saturated heterocycles. The average molecular weight is 323 g/mol. The highest BCUT2D eigenvalue weighted by molar-refractivity contribution is 7.10. The Labute approximate surface area is 138 Å². The number of anilines is 1. The van der Waals surface area contributed by atoms with Gasteiger partial charge in [0.2, 0.25) is 5.91 Å². The number of pyridine rings is 1. The van der Waals surface area contributed by atoms with Crippen LogP contribution < -0.4 is 5.32 Å². The van der Waals surface area contributed by atoms with Crippen LogP contribution in [0.25, 0.3) is 10.9 Å². The van der Waals surface area contributed by atoms with E-state index in [1.807, 2.05) is 41.7 Å². The number of nitrogens with zero attached hydrogens (tertiary/aromatic N) is 2. The number of hydrogen-bond acceptors (Lipinski definition) is 4. The normalized spacial score (nSPS) is 14.6. The van der Waals surface area contributed by atoms with Crippen molar-refractivity contribution in [2.24, 2.45) is 0 Å². The topological polar surface area (TPSA) is 45.2 Å². The van der Waals surface area contributed by atoms with Crippen molar-refractivity contribution in [3.63, 3.8) is 0 Å². The number of nitrogens with one attached hydrogen (secondary N) is 1. The van der Waals surface area contributed by atoms with E-state index >= 15 is 0 Å². The number of rotatable bonds is 3. The van der Waals surface area contributed by atoms with Crippen LogP contribution in [0.15, 0.2) is 48.0 Å². The molecule has 0 fully saturated rings. The summed E-state index contributed by atoms with van der Waals surface area (Å²) in [6.07, 6.45) is 2.76. The Morgan fingerprint density at radius 3 is 3.17 bits per heavy atom. The van der Waals surface area contributed by atoms with Crippen molar-refractivity contribution in [1.82, 2.24) is 9.88 Å². The van der Waals surface area contributed by atoms with Gasteiger partial charge in [0.05, 0.1) is 23.9 Å². The van der Waals surface area contributed by atoms with Gasteiger partial charge in [-0.2, -0.15) is 0 Å². The molecule has 3 aromatic rings. The summed E-state index contributed by atoms with van der Waals surface area (Å²) in [7, 11) is 0. The summed E-state index contributed by atoms with van der Waals surface area (Å²) in [4.78, 5) is 20.3. The Kier molecular flexibility index (Phi) is 3.81. The van der Waals surface area contributed by atoms with Gasteiger partial charge in [0.1, 0.15) is 0 Å². The van der Waals surface area contributed by atoms with E-state index in [1.54, 1.807) is 6.20 Å². The molecule has 1 aromatic carbocycles. The molecular weight excluding hydrogens is 306 g/mol. The Hall–Kier alpha value is -2.24. The SMILES string of the molecule is O=C(CN1CCc2sccc2C1)Nc1cnc2ccccc2c1. The van der Waals surface area contributed by atoms with Gasteiger partial charge in [0.15, 0.2) is 0 Å². The molecule has 1 N–H and O–H groups in total. The molecule has 2 aromatic heterocycles. The van der Waals surface area contributed by atoms with Gasteiger partial charge in [-0.25, -0.2) is 0 Å². The Bertz CT molecular complexity index is 858. The molecule has 3 heterocycles. The van der Waals surface area contributed by atoms with Gasteiger partial charge < -0.3 is 5.32 Å². The molecule has 0 unspecified atom stereocenters. The first-order valence-electron chi connectivity index (χ1n) is 7.70. The zero-order chi connectivity index (χ0) is 15.6. The molecule has 1 amide bonds. The van der Waals surface area contributed by atoms with E-state index in [2.05, 4.69) is 26.6 Å². The minimum Gasteiger partial charge on any atom is -0.324 e. The number of thiophene rings is 1. The van der Waals surface area contributed by atoms with Crippen LogP contribution in [0.1, 0.15) is 10.4 Å². The minimum absolute atomic E-state index is 0.0146. The van der Waals surface area contributed by atoms with Crippen molar-refractivity contribution in [2.75, 3.05) is 18.4 Å². The highest BCUT2D eigenvalue weighted by atomic mass is 32.1. The predicted octanol–water partition coefficient (Wildman–Crippen LogP) is 3.29. The lowest BCUT2D eigenvalue weighted by molar-refractivity contribution is -0.117. The number of aromatic nitrogens is 1. The monoisotopic (exact) mass is 323 g/mol. The van der Waals surface area contributed by atoms with Crippen molar-refractivity contribution in [2.45, 2.75) is 13.0 Å². The summed E-state index contributed by atoms with van der Waals surface area (Å²) < 4.78 is 0. The molecule has 116 valence electrons. The van der Waals surface area contributed by atoms with Crippen molar-refractivity contribution in [3.05, 3.63) is 58.4 Å². The van der Waals surface area contributed by atoms with Gasteiger partial charge >= 0.3 is 0 Å². The van der Waals surface area contributed by atoms with Gasteiger partial charge in [-0.3, -0.25) is 14.7 Å². The van der Waals surface area contributed by atoms with Gasteiger partial charge in [0.25, 0.3) is 0 Å². The fourth-order valence-corrected chi connectivity index (χ4v) is 3.87. The Balaban J connectivity index is 1.41. The molecule has 4 nitrogen and oxygen atoms in total. The molecular formula is C18H17N3OS. The lowest BCUT2D eigenvalue weighted by Crippen LogP contribution is -2.36. The minimum atomic E-state index is 0.0146. The maximum Gasteiger partial charge on any atom is 0.238 e. The van der Waals surface area contributed by atoms with E-state index in [0.29, 0.717) is 6.54 Å². The molecule has 1 aliphatic rings. The maximum absolute atomic E-state index is 12.3. The third-order valence-corrected chi connectivity index (χ3v) is 5.15. The maximum atomic E-state index is 12.3. The van der Waals surface area contributed by atoms with Crippen molar-refractivity contribution < 1.29 is 4.79 Å². The zero-order valence-electron chi connectivity index (χ0n) is 12.7. The Morgan fingerprint density at radius 2 is 2.22 bits per heavy atom. The Morgan fingerprint density at radius 1 is 1.30 bits per heavy atom. The molecule has 1 aliphatic heterocycles. The second-order valence-electron chi connectivity index (χ2n) is 5.79. The van der Waals surface area contributed by atoms with Crippen LogP contribution >= 0.6 is 11.3 Å². The molecule has 23 heavy (non-hydrogen) atoms. The molecule has 0 bridgehead atoms. The zero-order valence-corrected chi connectivity index (χ0v) is 13.5. The first-order valence-corrected chi connectivity index (χ1v) is 8.58. The highest BCUT2D eigenvalue weighted by Gasteiger charge is 2.19. The van der Waals surface area contributed by atoms with Crippen LogP contribution in [-0.2, 0) is 17.8 Å². The van der Waals surface area contributed by atoms with E-state index in [0.717, 1.165) is 36.1 Å². The van der Waals surface area contributed by atoms with E-state index in [4.69, 9.17) is 0 Å². The molecule has 0 atom stereocenters. The fraction of sp³-hybridized carbons (Fsp3) is 0.222. The summed E-state index contributed by atoms with van der Waals surface area (Å²) in [5, 5.41) is 6.13. The van der Waals surface area contributed by atoms with Crippen LogP contribution in [0.3, 0.4) is 0 Å². The third kappa shape index (κ3) is 3.11. The van der Waals surface area contributed by atoms with Crippen LogP contribution in [0, 0.1) is 0 Å². The fourth-order valence-electron chi connectivity index (χ4n) is 2.98. The molecule has 0 saturated carbocycles. The number of carbonyl (C=O) groups is 1. The van der Waals surface area contributed by atoms with Crippen LogP contribution in [0.2, 0.25) is 0 Å². The predicted molar refractivity (Wildman–Crippen MR) is 93.7 cm³/mol. The van der Waals surface area contributed by atoms with Crippen LogP contribution in [0.4, 0.5) is 5.69 Å². The summed E-state index contributed by atoms with van der Waals surface area (Å²) in [6.45, 7) is 2.22. The number of hydrogen-bond donors (Lipinski definition) is 1.